The van der Waals surface area contributed by atoms with Crippen LogP contribution in [0.25, 0.3) is 0 Å². The number of ether oxygens (including phenoxy) is 1. The van der Waals surface area contributed by atoms with E-state index in [4.69, 9.17) is 0 Å². The number of carbonyl (C=O) groups is 1. The number of nitro groups is 1. The molecule has 8 nitrogen and oxygen atoms in total. The van der Waals surface area contributed by atoms with Crippen LogP contribution in [0.4, 0.5) is 18.9 Å². The molecule has 0 fully saturated rings. The second-order valence-electron chi connectivity index (χ2n) is 5.11. The van der Waals surface area contributed by atoms with E-state index in [0.29, 0.717) is 6.07 Å². The van der Waals surface area contributed by atoms with E-state index in [1.54, 1.807) is 0 Å². The molecule has 144 valence electrons. The third-order valence-corrected chi connectivity index (χ3v) is 4.87. The number of pyridine rings is 1. The van der Waals surface area contributed by atoms with Gasteiger partial charge in [0, 0.05) is 6.07 Å². The zero-order chi connectivity index (χ0) is 20.2. The number of aromatic nitrogens is 1. The first kappa shape index (κ1) is 20.3. The minimum atomic E-state index is -4.77. The zero-order valence-electron chi connectivity index (χ0n) is 13.3. The van der Waals surface area contributed by atoms with Crippen LogP contribution in [0.3, 0.4) is 0 Å². The molecule has 0 aliphatic carbocycles. The molecule has 2 rings (SSSR count). The van der Waals surface area contributed by atoms with Gasteiger partial charge in [-0.1, -0.05) is 12.1 Å². The van der Waals surface area contributed by atoms with E-state index < -0.39 is 61.1 Å². The molecule has 0 aliphatic heterocycles. The maximum Gasteiger partial charge on any atom is 0.417 e. The molecule has 0 spiro atoms. The summed E-state index contributed by atoms with van der Waals surface area (Å²) >= 11 is 0. The lowest BCUT2D eigenvalue weighted by Gasteiger charge is -2.12. The van der Waals surface area contributed by atoms with E-state index in [9.17, 15) is 36.5 Å². The van der Waals surface area contributed by atoms with Crippen LogP contribution in [0, 0.1) is 10.1 Å². The van der Waals surface area contributed by atoms with Crippen LogP contribution in [0.15, 0.2) is 47.6 Å². The Morgan fingerprint density at radius 3 is 2.41 bits per heavy atom. The Hall–Kier alpha value is -3.02. The van der Waals surface area contributed by atoms with Gasteiger partial charge in [-0.25, -0.2) is 18.2 Å². The minimum Gasteiger partial charge on any atom is -0.461 e. The number of rotatable bonds is 6. The van der Waals surface area contributed by atoms with Gasteiger partial charge in [0.15, 0.2) is 14.9 Å². The number of nitrogens with zero attached hydrogens (tertiary/aromatic N) is 2. The van der Waals surface area contributed by atoms with Crippen LogP contribution >= 0.6 is 0 Å². The van der Waals surface area contributed by atoms with Crippen LogP contribution < -0.4 is 0 Å². The van der Waals surface area contributed by atoms with E-state index in [2.05, 4.69) is 9.72 Å². The van der Waals surface area contributed by atoms with E-state index >= 15 is 0 Å². The van der Waals surface area contributed by atoms with Crippen molar-refractivity contribution in [1.82, 2.24) is 4.98 Å². The summed E-state index contributed by atoms with van der Waals surface area (Å²) in [6.45, 7) is -0.716. The summed E-state index contributed by atoms with van der Waals surface area (Å²) in [7, 11) is -4.05. The van der Waals surface area contributed by atoms with Crippen LogP contribution in [-0.4, -0.2) is 36.7 Å². The van der Waals surface area contributed by atoms with Crippen molar-refractivity contribution in [3.8, 4) is 0 Å². The topological polar surface area (TPSA) is 116 Å². The molecule has 0 unspecified atom stereocenters. The molecule has 1 aromatic carbocycles. The Labute approximate surface area is 150 Å². The van der Waals surface area contributed by atoms with Crippen molar-refractivity contribution >= 4 is 21.5 Å². The summed E-state index contributed by atoms with van der Waals surface area (Å²) in [4.78, 5) is 25.1. The lowest BCUT2D eigenvalue weighted by Crippen LogP contribution is -2.19. The summed E-state index contributed by atoms with van der Waals surface area (Å²) in [6.07, 6.45) is -4.02. The standard InChI is InChI=1S/C15H11F3N2O6S/c16-15(17,18)12-4-2-1-3-11(12)14(21)26-7-8-27(24,25)13-6-5-10(9-19-13)20(22)23/h1-6,9H,7-8H2. The Balaban J connectivity index is 2.05. The molecule has 0 bridgehead atoms. The fourth-order valence-electron chi connectivity index (χ4n) is 2.00. The summed E-state index contributed by atoms with van der Waals surface area (Å²) in [5.74, 6) is -2.08. The highest BCUT2D eigenvalue weighted by Gasteiger charge is 2.35. The Kier molecular flexibility index (Phi) is 5.78. The van der Waals surface area contributed by atoms with E-state index in [1.807, 2.05) is 0 Å². The normalized spacial score (nSPS) is 11.8. The van der Waals surface area contributed by atoms with Crippen LogP contribution in [0.5, 0.6) is 0 Å². The SMILES string of the molecule is O=C(OCCS(=O)(=O)c1ccc([N+](=O)[O-])cn1)c1ccccc1C(F)(F)F. The van der Waals surface area contributed by atoms with Crippen molar-refractivity contribution in [3.05, 3.63) is 63.8 Å². The molecule has 1 heterocycles. The Morgan fingerprint density at radius 2 is 1.85 bits per heavy atom. The zero-order valence-corrected chi connectivity index (χ0v) is 14.2. The number of alkyl halides is 3. The maximum absolute atomic E-state index is 12.9. The first-order valence-corrected chi connectivity index (χ1v) is 8.84. The highest BCUT2D eigenvalue weighted by atomic mass is 32.2. The molecule has 0 saturated heterocycles. The van der Waals surface area contributed by atoms with Gasteiger partial charge in [0.2, 0.25) is 0 Å². The average molecular weight is 404 g/mol. The molecule has 1 aromatic heterocycles. The predicted molar refractivity (Wildman–Crippen MR) is 84.7 cm³/mol. The number of hydrogen-bond acceptors (Lipinski definition) is 7. The molecule has 0 radical (unpaired) electrons. The summed E-state index contributed by atoms with van der Waals surface area (Å²) in [6, 6.07) is 5.78. The average Bonchev–Trinajstić information content (AvgIpc) is 2.61. The first-order chi connectivity index (χ1) is 12.5. The molecule has 0 amide bonds. The largest absolute Gasteiger partial charge is 0.461 e. The lowest BCUT2D eigenvalue weighted by atomic mass is 10.1. The summed E-state index contributed by atoms with van der Waals surface area (Å²) in [5, 5.41) is 10.0. The number of sulfone groups is 1. The molecular weight excluding hydrogens is 393 g/mol. The van der Waals surface area contributed by atoms with Crippen molar-refractivity contribution in [3.63, 3.8) is 0 Å². The minimum absolute atomic E-state index is 0.413. The van der Waals surface area contributed by atoms with Crippen molar-refractivity contribution in [1.29, 1.82) is 0 Å². The van der Waals surface area contributed by atoms with Gasteiger partial charge in [0.25, 0.3) is 5.69 Å². The van der Waals surface area contributed by atoms with Crippen LogP contribution in [0.1, 0.15) is 15.9 Å². The van der Waals surface area contributed by atoms with Crippen molar-refractivity contribution in [2.75, 3.05) is 12.4 Å². The van der Waals surface area contributed by atoms with Gasteiger partial charge < -0.3 is 4.74 Å². The van der Waals surface area contributed by atoms with Gasteiger partial charge in [-0.2, -0.15) is 13.2 Å². The van der Waals surface area contributed by atoms with Crippen molar-refractivity contribution in [2.45, 2.75) is 11.2 Å². The van der Waals surface area contributed by atoms with Gasteiger partial charge in [0.1, 0.15) is 12.8 Å². The molecule has 0 aliphatic rings. The lowest BCUT2D eigenvalue weighted by molar-refractivity contribution is -0.385. The highest BCUT2D eigenvalue weighted by Crippen LogP contribution is 2.32. The summed E-state index contributed by atoms with van der Waals surface area (Å²) < 4.78 is 67.3. The molecule has 0 atom stereocenters. The molecule has 27 heavy (non-hydrogen) atoms. The second-order valence-corrected chi connectivity index (χ2v) is 7.17. The highest BCUT2D eigenvalue weighted by molar-refractivity contribution is 7.91. The number of halogens is 3. The second kappa shape index (κ2) is 7.70. The molecule has 2 aromatic rings. The number of carbonyl (C=O) groups excluding carboxylic acids is 1. The van der Waals surface area contributed by atoms with E-state index in [0.717, 1.165) is 30.5 Å². The van der Waals surface area contributed by atoms with Gasteiger partial charge in [-0.15, -0.1) is 0 Å². The van der Waals surface area contributed by atoms with Crippen LogP contribution in [-0.2, 0) is 20.8 Å². The molecule has 0 N–H and O–H groups in total. The maximum atomic E-state index is 12.9. The number of esters is 1. The quantitative estimate of drug-likeness (QED) is 0.413. The van der Waals surface area contributed by atoms with Gasteiger partial charge in [-0.05, 0) is 18.2 Å². The van der Waals surface area contributed by atoms with E-state index in [1.165, 1.54) is 6.07 Å². The van der Waals surface area contributed by atoms with Gasteiger partial charge >= 0.3 is 12.1 Å². The first-order valence-electron chi connectivity index (χ1n) is 7.19. The third kappa shape index (κ3) is 5.00. The van der Waals surface area contributed by atoms with Gasteiger partial charge in [-0.3, -0.25) is 10.1 Å². The number of hydrogen-bond donors (Lipinski definition) is 0. The Bertz CT molecular complexity index is 958. The fraction of sp³-hybridized carbons (Fsp3) is 0.200. The van der Waals surface area contributed by atoms with E-state index in [-0.39, 0.29) is 0 Å². The van der Waals surface area contributed by atoms with Crippen molar-refractivity contribution in [2.24, 2.45) is 0 Å². The third-order valence-electron chi connectivity index (χ3n) is 3.29. The smallest absolute Gasteiger partial charge is 0.417 e. The fourth-order valence-corrected chi connectivity index (χ4v) is 3.00. The predicted octanol–water partition coefficient (Wildman–Crippen LogP) is 2.64. The molecular formula is C15H11F3N2O6S. The van der Waals surface area contributed by atoms with Crippen molar-refractivity contribution < 1.29 is 36.0 Å². The number of benzene rings is 1. The van der Waals surface area contributed by atoms with Crippen LogP contribution in [0.2, 0.25) is 0 Å². The summed E-state index contributed by atoms with van der Waals surface area (Å²) in [5.41, 5.74) is -2.35. The van der Waals surface area contributed by atoms with Gasteiger partial charge in [0.05, 0.1) is 21.8 Å². The molecule has 0 saturated carbocycles. The Morgan fingerprint density at radius 1 is 1.19 bits per heavy atom. The monoisotopic (exact) mass is 404 g/mol. The molecule has 12 heteroatoms.